The Morgan fingerprint density at radius 2 is 1.59 bits per heavy atom. The van der Waals surface area contributed by atoms with Crippen molar-refractivity contribution in [2.24, 2.45) is 0 Å². The van der Waals surface area contributed by atoms with Crippen LogP contribution < -0.4 is 4.74 Å². The van der Waals surface area contributed by atoms with Crippen LogP contribution in [0.25, 0.3) is 6.08 Å². The highest BCUT2D eigenvalue weighted by molar-refractivity contribution is 6.30. The molecule has 2 amide bonds. The predicted molar refractivity (Wildman–Crippen MR) is 106 cm³/mol. The molecule has 1 fully saturated rings. The van der Waals surface area contributed by atoms with Crippen LogP contribution in [0.4, 0.5) is 0 Å². The third-order valence-corrected chi connectivity index (χ3v) is 4.77. The number of nitrogens with zero attached hydrogens (tertiary/aromatic N) is 2. The van der Waals surface area contributed by atoms with E-state index < -0.39 is 0 Å². The number of ether oxygens (including phenoxy) is 1. The molecule has 0 aliphatic carbocycles. The molecule has 0 saturated carbocycles. The van der Waals surface area contributed by atoms with Gasteiger partial charge in [0.2, 0.25) is 5.91 Å². The van der Waals surface area contributed by atoms with E-state index in [2.05, 4.69) is 0 Å². The van der Waals surface area contributed by atoms with Crippen LogP contribution >= 0.6 is 11.6 Å². The minimum atomic E-state index is -0.0699. The molecule has 5 nitrogen and oxygen atoms in total. The summed E-state index contributed by atoms with van der Waals surface area (Å²) in [7, 11) is 1.60. The van der Waals surface area contributed by atoms with Gasteiger partial charge in [-0.25, -0.2) is 0 Å². The van der Waals surface area contributed by atoms with Gasteiger partial charge in [0.05, 0.1) is 7.11 Å². The first kappa shape index (κ1) is 19.0. The van der Waals surface area contributed by atoms with Crippen molar-refractivity contribution >= 4 is 29.5 Å². The minimum absolute atomic E-state index is 0.0386. The molecule has 6 heteroatoms. The lowest BCUT2D eigenvalue weighted by molar-refractivity contribution is -0.127. The summed E-state index contributed by atoms with van der Waals surface area (Å²) in [5, 5.41) is 0.601. The number of para-hydroxylation sites is 1. The van der Waals surface area contributed by atoms with E-state index in [0.717, 1.165) is 11.3 Å². The van der Waals surface area contributed by atoms with Gasteiger partial charge in [0.1, 0.15) is 5.75 Å². The molecule has 27 heavy (non-hydrogen) atoms. The van der Waals surface area contributed by atoms with Gasteiger partial charge in [0, 0.05) is 48.4 Å². The summed E-state index contributed by atoms with van der Waals surface area (Å²) < 4.78 is 5.28. The standard InChI is InChI=1S/C21H21ClN2O3/c1-27-19-5-3-2-4-16(19)8-11-20(25)23-12-14-24(15-13-23)21(26)17-6-9-18(22)10-7-17/h2-11H,12-15H2,1H3/b11-8+. The Balaban J connectivity index is 1.57. The van der Waals surface area contributed by atoms with Crippen molar-refractivity contribution in [2.45, 2.75) is 0 Å². The van der Waals surface area contributed by atoms with Crippen molar-refractivity contribution in [1.29, 1.82) is 0 Å². The van der Waals surface area contributed by atoms with E-state index in [4.69, 9.17) is 16.3 Å². The van der Waals surface area contributed by atoms with E-state index in [1.807, 2.05) is 24.3 Å². The van der Waals surface area contributed by atoms with Crippen molar-refractivity contribution in [2.75, 3.05) is 33.3 Å². The van der Waals surface area contributed by atoms with Crippen molar-refractivity contribution in [1.82, 2.24) is 9.80 Å². The topological polar surface area (TPSA) is 49.9 Å². The molecule has 0 aromatic heterocycles. The highest BCUT2D eigenvalue weighted by Gasteiger charge is 2.23. The first-order valence-corrected chi connectivity index (χ1v) is 9.11. The number of hydrogen-bond acceptors (Lipinski definition) is 3. The zero-order valence-corrected chi connectivity index (χ0v) is 15.9. The maximum atomic E-state index is 12.5. The lowest BCUT2D eigenvalue weighted by atomic mass is 10.1. The van der Waals surface area contributed by atoms with Gasteiger partial charge in [0.15, 0.2) is 0 Å². The molecule has 0 bridgehead atoms. The molecule has 2 aromatic rings. The van der Waals surface area contributed by atoms with Crippen LogP contribution in [0.2, 0.25) is 5.02 Å². The van der Waals surface area contributed by atoms with Gasteiger partial charge in [-0.1, -0.05) is 29.8 Å². The molecule has 2 aromatic carbocycles. The number of methoxy groups -OCH3 is 1. The smallest absolute Gasteiger partial charge is 0.253 e. The Kier molecular flexibility index (Phi) is 6.14. The number of benzene rings is 2. The summed E-state index contributed by atoms with van der Waals surface area (Å²) in [5.74, 6) is 0.614. The van der Waals surface area contributed by atoms with E-state index >= 15 is 0 Å². The molecule has 0 unspecified atom stereocenters. The highest BCUT2D eigenvalue weighted by atomic mass is 35.5. The molecule has 1 aliphatic heterocycles. The van der Waals surface area contributed by atoms with Crippen LogP contribution in [0.5, 0.6) is 5.75 Å². The quantitative estimate of drug-likeness (QED) is 0.759. The van der Waals surface area contributed by atoms with Gasteiger partial charge in [-0.15, -0.1) is 0 Å². The van der Waals surface area contributed by atoms with Gasteiger partial charge in [-0.2, -0.15) is 0 Å². The highest BCUT2D eigenvalue weighted by Crippen LogP contribution is 2.19. The van der Waals surface area contributed by atoms with E-state index in [1.54, 1.807) is 53.3 Å². The molecule has 1 saturated heterocycles. The zero-order valence-electron chi connectivity index (χ0n) is 15.1. The van der Waals surface area contributed by atoms with Crippen molar-refractivity contribution in [3.63, 3.8) is 0 Å². The number of carbonyl (C=O) groups is 2. The Hall–Kier alpha value is -2.79. The summed E-state index contributed by atoms with van der Waals surface area (Å²) in [6.45, 7) is 2.04. The van der Waals surface area contributed by atoms with Crippen molar-refractivity contribution in [3.8, 4) is 5.75 Å². The Bertz CT molecular complexity index is 841. The van der Waals surface area contributed by atoms with Gasteiger partial charge in [-0.05, 0) is 36.4 Å². The molecule has 1 aliphatic rings. The fourth-order valence-electron chi connectivity index (χ4n) is 2.98. The van der Waals surface area contributed by atoms with Crippen LogP contribution in [0.1, 0.15) is 15.9 Å². The summed E-state index contributed by atoms with van der Waals surface area (Å²) in [6, 6.07) is 14.4. The second-order valence-electron chi connectivity index (χ2n) is 6.20. The Morgan fingerprint density at radius 3 is 2.26 bits per heavy atom. The number of piperazine rings is 1. The molecule has 1 heterocycles. The summed E-state index contributed by atoms with van der Waals surface area (Å²) in [5.41, 5.74) is 1.46. The Morgan fingerprint density at radius 1 is 0.963 bits per heavy atom. The average Bonchev–Trinajstić information content (AvgIpc) is 2.72. The lowest BCUT2D eigenvalue weighted by Gasteiger charge is -2.34. The molecule has 0 N–H and O–H groups in total. The normalized spacial score (nSPS) is 14.4. The molecule has 0 spiro atoms. The van der Waals surface area contributed by atoms with Crippen molar-refractivity contribution < 1.29 is 14.3 Å². The molecular weight excluding hydrogens is 364 g/mol. The maximum Gasteiger partial charge on any atom is 0.253 e. The van der Waals surface area contributed by atoms with Crippen LogP contribution in [0.15, 0.2) is 54.6 Å². The number of amides is 2. The predicted octanol–water partition coefficient (Wildman–Crippen LogP) is 3.35. The first-order chi connectivity index (χ1) is 13.1. The number of rotatable bonds is 4. The average molecular weight is 385 g/mol. The Labute approximate surface area is 163 Å². The van der Waals surface area contributed by atoms with E-state index in [9.17, 15) is 9.59 Å². The van der Waals surface area contributed by atoms with Gasteiger partial charge < -0.3 is 14.5 Å². The monoisotopic (exact) mass is 384 g/mol. The van der Waals surface area contributed by atoms with E-state index in [1.165, 1.54) is 0 Å². The third kappa shape index (κ3) is 4.68. The summed E-state index contributed by atoms with van der Waals surface area (Å²) in [6.07, 6.45) is 3.31. The molecule has 0 radical (unpaired) electrons. The van der Waals surface area contributed by atoms with Crippen LogP contribution in [0, 0.1) is 0 Å². The van der Waals surface area contributed by atoms with Crippen LogP contribution in [-0.4, -0.2) is 54.9 Å². The minimum Gasteiger partial charge on any atom is -0.496 e. The van der Waals surface area contributed by atoms with Crippen LogP contribution in [-0.2, 0) is 4.79 Å². The van der Waals surface area contributed by atoms with Crippen LogP contribution in [0.3, 0.4) is 0 Å². The number of hydrogen-bond donors (Lipinski definition) is 0. The second-order valence-corrected chi connectivity index (χ2v) is 6.64. The SMILES string of the molecule is COc1ccccc1/C=C/C(=O)N1CCN(C(=O)c2ccc(Cl)cc2)CC1. The second kappa shape index (κ2) is 8.73. The maximum absolute atomic E-state index is 12.5. The van der Waals surface area contributed by atoms with Gasteiger partial charge in [0.25, 0.3) is 5.91 Å². The van der Waals surface area contributed by atoms with E-state index in [-0.39, 0.29) is 11.8 Å². The first-order valence-electron chi connectivity index (χ1n) is 8.73. The van der Waals surface area contributed by atoms with E-state index in [0.29, 0.717) is 36.8 Å². The molecule has 0 atom stereocenters. The molecular formula is C21H21ClN2O3. The van der Waals surface area contributed by atoms with Crippen molar-refractivity contribution in [3.05, 3.63) is 70.8 Å². The summed E-state index contributed by atoms with van der Waals surface area (Å²) >= 11 is 5.87. The molecule has 3 rings (SSSR count). The van der Waals surface area contributed by atoms with Gasteiger partial charge >= 0.3 is 0 Å². The van der Waals surface area contributed by atoms with Gasteiger partial charge in [-0.3, -0.25) is 9.59 Å². The number of carbonyl (C=O) groups excluding carboxylic acids is 2. The number of halogens is 1. The fourth-order valence-corrected chi connectivity index (χ4v) is 3.10. The zero-order chi connectivity index (χ0) is 19.2. The third-order valence-electron chi connectivity index (χ3n) is 4.51. The lowest BCUT2D eigenvalue weighted by Crippen LogP contribution is -2.50. The fraction of sp³-hybridized carbons (Fsp3) is 0.238. The summed E-state index contributed by atoms with van der Waals surface area (Å²) in [4.78, 5) is 28.5. The largest absolute Gasteiger partial charge is 0.496 e. The molecule has 140 valence electrons.